The summed E-state index contributed by atoms with van der Waals surface area (Å²) < 4.78 is 2.15. The summed E-state index contributed by atoms with van der Waals surface area (Å²) in [6.45, 7) is 16.1. The number of hydrogen-bond donors (Lipinski definition) is 0. The van der Waals surface area contributed by atoms with Crippen LogP contribution >= 0.6 is 23.6 Å². The van der Waals surface area contributed by atoms with Gasteiger partial charge in [0.05, 0.1) is 17.7 Å². The molecule has 1 unspecified atom stereocenters. The van der Waals surface area contributed by atoms with Gasteiger partial charge in [0.1, 0.15) is 11.6 Å². The summed E-state index contributed by atoms with van der Waals surface area (Å²) in [7, 11) is 0. The van der Waals surface area contributed by atoms with E-state index in [9.17, 15) is 5.26 Å². The SMILES string of the molecule is [C-]#[N+]c1c(C)sc(/C=c2/c(C)c(C#N)c(=S)n3nc(C(CC)CCCC)[nH+]c23)c1-c1ccccc1. The molecule has 1 aromatic carbocycles. The second-order valence-corrected chi connectivity index (χ2v) is 10.4. The number of H-pyrrole nitrogens is 1. The van der Waals surface area contributed by atoms with Gasteiger partial charge in [0.2, 0.25) is 10.3 Å². The smallest absolute Gasteiger partial charge is 0.241 e. The van der Waals surface area contributed by atoms with Gasteiger partial charge in [-0.15, -0.1) is 0 Å². The van der Waals surface area contributed by atoms with E-state index in [4.69, 9.17) is 23.9 Å². The van der Waals surface area contributed by atoms with Crippen LogP contribution in [0.25, 0.3) is 27.7 Å². The maximum Gasteiger partial charge on any atom is 0.279 e. The number of nitrogens with zero attached hydrogens (tertiary/aromatic N) is 4. The lowest BCUT2D eigenvalue weighted by atomic mass is 9.99. The van der Waals surface area contributed by atoms with Crippen LogP contribution in [-0.4, -0.2) is 9.61 Å². The Bertz CT molecular complexity index is 1580. The number of aromatic amines is 1. The molecule has 0 radical (unpaired) electrons. The predicted molar refractivity (Wildman–Crippen MR) is 144 cm³/mol. The average Bonchev–Trinajstić information content (AvgIpc) is 3.44. The Hall–Kier alpha value is -3.39. The van der Waals surface area contributed by atoms with Crippen molar-refractivity contribution in [3.63, 3.8) is 0 Å². The molecule has 5 nitrogen and oxygen atoms in total. The van der Waals surface area contributed by atoms with E-state index in [2.05, 4.69) is 35.8 Å². The van der Waals surface area contributed by atoms with Crippen molar-refractivity contribution in [2.75, 3.05) is 0 Å². The Morgan fingerprint density at radius 3 is 2.66 bits per heavy atom. The van der Waals surface area contributed by atoms with Crippen molar-refractivity contribution in [2.24, 2.45) is 0 Å². The second kappa shape index (κ2) is 10.5. The molecule has 3 aromatic heterocycles. The van der Waals surface area contributed by atoms with Crippen LogP contribution in [0, 0.1) is 36.4 Å². The third-order valence-corrected chi connectivity index (χ3v) is 7.95. The van der Waals surface area contributed by atoms with E-state index in [-0.39, 0.29) is 0 Å². The summed E-state index contributed by atoms with van der Waals surface area (Å²) in [6, 6.07) is 12.3. The van der Waals surface area contributed by atoms with Gasteiger partial charge in [-0.25, -0.2) is 9.83 Å². The van der Waals surface area contributed by atoms with E-state index in [1.807, 2.05) is 44.2 Å². The zero-order valence-corrected chi connectivity index (χ0v) is 22.1. The van der Waals surface area contributed by atoms with Crippen molar-refractivity contribution in [2.45, 2.75) is 59.3 Å². The molecule has 1 atom stereocenters. The summed E-state index contributed by atoms with van der Waals surface area (Å²) in [5, 5.41) is 15.7. The molecule has 0 aliphatic heterocycles. The molecule has 0 amide bonds. The summed E-state index contributed by atoms with van der Waals surface area (Å²) in [5.41, 5.74) is 4.69. The van der Waals surface area contributed by atoms with Crippen molar-refractivity contribution >= 4 is 41.0 Å². The van der Waals surface area contributed by atoms with Crippen molar-refractivity contribution in [1.29, 1.82) is 5.26 Å². The molecule has 0 fully saturated rings. The number of hydrogen-bond acceptors (Lipinski definition) is 4. The zero-order valence-electron chi connectivity index (χ0n) is 20.5. The van der Waals surface area contributed by atoms with Crippen LogP contribution in [0.1, 0.15) is 72.2 Å². The minimum Gasteiger partial charge on any atom is -0.241 e. The number of aryl methyl sites for hydroxylation is 1. The van der Waals surface area contributed by atoms with Crippen molar-refractivity contribution in [3.05, 3.63) is 78.3 Å². The van der Waals surface area contributed by atoms with Gasteiger partial charge in [0.25, 0.3) is 11.5 Å². The predicted octanol–water partition coefficient (Wildman–Crippen LogP) is 6.88. The van der Waals surface area contributed by atoms with Gasteiger partial charge in [-0.2, -0.15) is 16.6 Å². The van der Waals surface area contributed by atoms with Gasteiger partial charge in [0, 0.05) is 20.4 Å². The number of pyridine rings is 1. The van der Waals surface area contributed by atoms with Gasteiger partial charge < -0.3 is 0 Å². The first-order chi connectivity index (χ1) is 16.9. The normalized spacial score (nSPS) is 12.6. The Balaban J connectivity index is 2.06. The third-order valence-electron chi connectivity index (χ3n) is 6.53. The zero-order chi connectivity index (χ0) is 25.1. The molecule has 1 N–H and O–H groups in total. The van der Waals surface area contributed by atoms with Crippen LogP contribution in [-0.2, 0) is 0 Å². The highest BCUT2D eigenvalue weighted by Crippen LogP contribution is 2.43. The van der Waals surface area contributed by atoms with E-state index >= 15 is 0 Å². The Labute approximate surface area is 215 Å². The molecule has 0 saturated heterocycles. The number of fused-ring (bicyclic) bond motifs is 1. The van der Waals surface area contributed by atoms with E-state index in [0.29, 0.717) is 21.8 Å². The lowest BCUT2D eigenvalue weighted by molar-refractivity contribution is -0.363. The molecular formula is C28H28N5S2+. The quantitative estimate of drug-likeness (QED) is 0.206. The lowest BCUT2D eigenvalue weighted by Crippen LogP contribution is -2.22. The summed E-state index contributed by atoms with van der Waals surface area (Å²) in [6.07, 6.45) is 6.39. The summed E-state index contributed by atoms with van der Waals surface area (Å²) >= 11 is 7.28. The number of aromatic nitrogens is 3. The first-order valence-electron chi connectivity index (χ1n) is 11.9. The van der Waals surface area contributed by atoms with Crippen LogP contribution < -0.4 is 10.2 Å². The van der Waals surface area contributed by atoms with Crippen molar-refractivity contribution in [1.82, 2.24) is 9.61 Å². The molecule has 0 spiro atoms. The molecule has 35 heavy (non-hydrogen) atoms. The van der Waals surface area contributed by atoms with E-state index in [1.54, 1.807) is 15.9 Å². The topological polar surface area (TPSA) is 59.6 Å². The molecule has 0 saturated carbocycles. The fourth-order valence-electron chi connectivity index (χ4n) is 4.55. The molecule has 176 valence electrons. The number of nitrogens with one attached hydrogen (secondary N) is 1. The molecule has 0 bridgehead atoms. The number of thiophene rings is 1. The first-order valence-corrected chi connectivity index (χ1v) is 13.1. The summed E-state index contributed by atoms with van der Waals surface area (Å²) in [5.74, 6) is 1.21. The number of rotatable bonds is 7. The minimum absolute atomic E-state index is 0.306. The monoisotopic (exact) mass is 498 g/mol. The van der Waals surface area contributed by atoms with E-state index in [0.717, 1.165) is 68.8 Å². The summed E-state index contributed by atoms with van der Waals surface area (Å²) in [4.78, 5) is 9.38. The van der Waals surface area contributed by atoms with Gasteiger partial charge in [0.15, 0.2) is 0 Å². The van der Waals surface area contributed by atoms with Crippen LogP contribution in [0.15, 0.2) is 30.3 Å². The molecule has 0 aliphatic rings. The molecule has 4 aromatic rings. The van der Waals surface area contributed by atoms with Crippen LogP contribution in [0.2, 0.25) is 0 Å². The Morgan fingerprint density at radius 2 is 2.03 bits per heavy atom. The number of nitriles is 1. The van der Waals surface area contributed by atoms with Gasteiger partial charge >= 0.3 is 0 Å². The minimum atomic E-state index is 0.306. The van der Waals surface area contributed by atoms with Gasteiger partial charge in [-0.05, 0) is 56.1 Å². The fourth-order valence-corrected chi connectivity index (χ4v) is 5.95. The Kier molecular flexibility index (Phi) is 7.40. The van der Waals surface area contributed by atoms with E-state index < -0.39 is 0 Å². The highest BCUT2D eigenvalue weighted by atomic mass is 32.1. The number of benzene rings is 1. The molecular weight excluding hydrogens is 470 g/mol. The Morgan fingerprint density at radius 1 is 1.29 bits per heavy atom. The lowest BCUT2D eigenvalue weighted by Gasteiger charge is -2.05. The van der Waals surface area contributed by atoms with Crippen molar-refractivity contribution < 1.29 is 4.98 Å². The molecule has 3 heterocycles. The highest BCUT2D eigenvalue weighted by molar-refractivity contribution is 7.71. The van der Waals surface area contributed by atoms with Gasteiger partial charge in [-0.3, -0.25) is 0 Å². The highest BCUT2D eigenvalue weighted by Gasteiger charge is 2.25. The maximum absolute atomic E-state index is 9.93. The third kappa shape index (κ3) is 4.50. The van der Waals surface area contributed by atoms with Crippen LogP contribution in [0.5, 0.6) is 0 Å². The molecule has 4 rings (SSSR count). The van der Waals surface area contributed by atoms with Crippen LogP contribution in [0.4, 0.5) is 5.69 Å². The molecule has 0 aliphatic carbocycles. The van der Waals surface area contributed by atoms with E-state index in [1.165, 1.54) is 0 Å². The fraction of sp³-hybridized carbons (Fsp3) is 0.321. The standard InChI is InChI=1S/C28H27N5S2/c1-6-8-12-19(7-2)26-31-27-21(17(3)22(16-29)28(34)33(27)32-26)15-23-24(20-13-10-9-11-14-20)25(30-5)18(4)35-23/h9-11,13-15,19H,6-8,12H2,1-4H3/p+1/b21-15-. The molecule has 7 heteroatoms. The second-order valence-electron chi connectivity index (χ2n) is 8.72. The first kappa shape index (κ1) is 24.7. The van der Waals surface area contributed by atoms with Crippen molar-refractivity contribution in [3.8, 4) is 17.2 Å². The maximum atomic E-state index is 9.93. The van der Waals surface area contributed by atoms with Gasteiger partial charge in [-0.1, -0.05) is 61.5 Å². The largest absolute Gasteiger partial charge is 0.279 e. The number of unbranched alkanes of at least 4 members (excludes halogenated alkanes) is 1. The van der Waals surface area contributed by atoms with Crippen LogP contribution in [0.3, 0.4) is 0 Å². The average molecular weight is 499 g/mol.